The molecule has 1 amide bonds. The minimum Gasteiger partial charge on any atom is -0.440 e. The number of hydrogen-bond donors (Lipinski definition) is 1. The summed E-state index contributed by atoms with van der Waals surface area (Å²) in [6, 6.07) is 11.5. The number of amides is 1. The molecule has 0 unspecified atom stereocenters. The van der Waals surface area contributed by atoms with E-state index >= 15 is 0 Å². The third-order valence-electron chi connectivity index (χ3n) is 4.34. The highest BCUT2D eigenvalue weighted by atomic mass is 35.5. The molecule has 0 radical (unpaired) electrons. The monoisotopic (exact) mass is 505 g/mol. The first-order chi connectivity index (χ1) is 15.8. The Morgan fingerprint density at radius 1 is 1.03 bits per heavy atom. The molecule has 1 aromatic heterocycles. The fraction of sp³-hybridized carbons (Fsp3) is 0.190. The van der Waals surface area contributed by atoms with Gasteiger partial charge in [-0.2, -0.15) is 31.3 Å². The molecule has 6 nitrogen and oxygen atoms in total. The van der Waals surface area contributed by atoms with Gasteiger partial charge in [-0.1, -0.05) is 48.0 Å². The summed E-state index contributed by atoms with van der Waals surface area (Å²) in [5, 5.41) is 1.17. The molecule has 0 saturated heterocycles. The van der Waals surface area contributed by atoms with Gasteiger partial charge >= 0.3 is 18.4 Å². The molecule has 1 N–H and O–H groups in total. The molecule has 0 aliphatic heterocycles. The number of hydrogen-bond acceptors (Lipinski definition) is 4. The second-order valence-electron chi connectivity index (χ2n) is 6.88. The second kappa shape index (κ2) is 9.75. The Bertz CT molecular complexity index is 1240. The Morgan fingerprint density at radius 2 is 1.71 bits per heavy atom. The van der Waals surface area contributed by atoms with Crippen molar-refractivity contribution >= 4 is 23.4 Å². The van der Waals surface area contributed by atoms with E-state index in [1.165, 1.54) is 10.6 Å². The summed E-state index contributed by atoms with van der Waals surface area (Å²) in [5.74, 6) is -0.251. The van der Waals surface area contributed by atoms with Gasteiger partial charge in [-0.05, 0) is 17.7 Å². The fourth-order valence-corrected chi connectivity index (χ4v) is 3.23. The van der Waals surface area contributed by atoms with E-state index in [0.29, 0.717) is 5.56 Å². The lowest BCUT2D eigenvalue weighted by molar-refractivity contribution is -0.159. The van der Waals surface area contributed by atoms with Crippen LogP contribution in [0.3, 0.4) is 0 Å². The van der Waals surface area contributed by atoms with Gasteiger partial charge < -0.3 is 9.30 Å². The molecule has 0 atom stereocenters. The summed E-state index contributed by atoms with van der Waals surface area (Å²) in [6.07, 6.45) is -10.1. The maximum absolute atomic E-state index is 13.3. The second-order valence-corrected chi connectivity index (χ2v) is 7.26. The molecule has 0 fully saturated rings. The van der Waals surface area contributed by atoms with Gasteiger partial charge in [0.1, 0.15) is 11.5 Å². The van der Waals surface area contributed by atoms with Crippen molar-refractivity contribution in [3.05, 3.63) is 81.2 Å². The van der Waals surface area contributed by atoms with Gasteiger partial charge in [-0.3, -0.25) is 10.1 Å². The third-order valence-corrected chi connectivity index (χ3v) is 4.75. The Hall–Kier alpha value is -3.54. The Labute approximate surface area is 192 Å². The molecule has 0 bridgehead atoms. The largest absolute Gasteiger partial charge is 0.440 e. The molecule has 0 aliphatic rings. The number of aromatic nitrogens is 2. The average molecular weight is 506 g/mol. The van der Waals surface area contributed by atoms with E-state index in [-0.39, 0.29) is 17.9 Å². The summed E-state index contributed by atoms with van der Waals surface area (Å²) in [4.78, 5) is 27.9. The van der Waals surface area contributed by atoms with Crippen molar-refractivity contribution < 1.29 is 35.9 Å². The molecule has 1 heterocycles. The molecule has 0 aliphatic carbocycles. The Balaban J connectivity index is 2.07. The van der Waals surface area contributed by atoms with Crippen LogP contribution in [0.5, 0.6) is 0 Å². The predicted molar refractivity (Wildman–Crippen MR) is 111 cm³/mol. The first-order valence-corrected chi connectivity index (χ1v) is 9.75. The van der Waals surface area contributed by atoms with E-state index in [2.05, 4.69) is 9.72 Å². The Morgan fingerprint density at radius 3 is 2.32 bits per heavy atom. The normalized spacial score (nSPS) is 11.9. The van der Waals surface area contributed by atoms with Crippen LogP contribution in [-0.4, -0.2) is 28.4 Å². The van der Waals surface area contributed by atoms with Gasteiger partial charge in [-0.25, -0.2) is 4.79 Å². The maximum Gasteiger partial charge on any atom is 0.422 e. The van der Waals surface area contributed by atoms with Crippen LogP contribution in [0, 0.1) is 0 Å². The highest BCUT2D eigenvalue weighted by Crippen LogP contribution is 2.39. The first-order valence-electron chi connectivity index (χ1n) is 9.37. The van der Waals surface area contributed by atoms with Crippen molar-refractivity contribution in [3.8, 4) is 11.4 Å². The predicted octanol–water partition coefficient (Wildman–Crippen LogP) is 5.74. The molecule has 34 heavy (non-hydrogen) atoms. The number of nitrogens with zero attached hydrogens (tertiary/aromatic N) is 2. The van der Waals surface area contributed by atoms with Gasteiger partial charge in [0.05, 0.1) is 10.6 Å². The first kappa shape index (κ1) is 25.1. The van der Waals surface area contributed by atoms with Crippen LogP contribution in [0.2, 0.25) is 5.02 Å². The maximum atomic E-state index is 13.3. The molecule has 0 saturated carbocycles. The van der Waals surface area contributed by atoms with Crippen LogP contribution in [0.1, 0.15) is 11.1 Å². The zero-order chi connectivity index (χ0) is 25.1. The van der Waals surface area contributed by atoms with Gasteiger partial charge in [0.25, 0.3) is 5.56 Å². The van der Waals surface area contributed by atoms with E-state index < -0.39 is 46.9 Å². The van der Waals surface area contributed by atoms with Crippen LogP contribution >= 0.6 is 11.6 Å². The number of carbonyl (C=O) groups is 1. The Kier molecular flexibility index (Phi) is 7.20. The number of carbonyl (C=O) groups excluding carboxylic acids is 1. The van der Waals surface area contributed by atoms with Crippen LogP contribution in [0.4, 0.5) is 36.8 Å². The number of alkyl halides is 6. The molecule has 3 aromatic rings. The van der Waals surface area contributed by atoms with E-state index in [9.17, 15) is 35.9 Å². The minimum atomic E-state index is -4.78. The average Bonchev–Trinajstić information content (AvgIpc) is 2.74. The molecule has 2 aromatic carbocycles. The number of benzene rings is 2. The summed E-state index contributed by atoms with van der Waals surface area (Å²) in [5.41, 5.74) is -2.39. The summed E-state index contributed by atoms with van der Waals surface area (Å²) < 4.78 is 82.0. The lowest BCUT2D eigenvalue weighted by atomic mass is 10.1. The number of rotatable bonds is 5. The van der Waals surface area contributed by atoms with E-state index in [4.69, 9.17) is 11.6 Å². The molecular weight excluding hydrogens is 492 g/mol. The summed E-state index contributed by atoms with van der Waals surface area (Å²) in [6.45, 7) is -1.91. The number of halogens is 7. The topological polar surface area (TPSA) is 73.2 Å². The third kappa shape index (κ3) is 6.28. The standard InChI is InChI=1S/C21H14ClF6N3O3/c22-16-13(7-4-8-14(16)21(26,27)28)17-30-18(32)15(29-19(33)34-11-20(23,24)25)10-31(17)9-12-5-2-1-3-6-12/h1-8,10H,9,11H2,(H,29,33). The van der Waals surface area contributed by atoms with E-state index in [0.717, 1.165) is 18.3 Å². The minimum absolute atomic E-state index is 0.0255. The molecule has 180 valence electrons. The lowest BCUT2D eigenvalue weighted by Crippen LogP contribution is -2.27. The van der Waals surface area contributed by atoms with Crippen molar-refractivity contribution in [3.63, 3.8) is 0 Å². The van der Waals surface area contributed by atoms with Crippen LogP contribution < -0.4 is 10.9 Å². The number of ether oxygens (including phenoxy) is 1. The van der Waals surface area contributed by atoms with Crippen LogP contribution in [0.25, 0.3) is 11.4 Å². The zero-order valence-electron chi connectivity index (χ0n) is 16.9. The lowest BCUT2D eigenvalue weighted by Gasteiger charge is -2.17. The van der Waals surface area contributed by atoms with E-state index in [1.54, 1.807) is 30.3 Å². The van der Waals surface area contributed by atoms with Crippen LogP contribution in [-0.2, 0) is 17.5 Å². The molecule has 0 spiro atoms. The van der Waals surface area contributed by atoms with Crippen molar-refractivity contribution in [2.45, 2.75) is 18.9 Å². The quantitative estimate of drug-likeness (QED) is 0.449. The number of nitrogens with one attached hydrogen (secondary N) is 1. The summed E-state index contributed by atoms with van der Waals surface area (Å²) in [7, 11) is 0. The van der Waals surface area contributed by atoms with E-state index in [1.807, 2.05) is 5.32 Å². The molecule has 13 heteroatoms. The fourth-order valence-electron chi connectivity index (χ4n) is 2.91. The SMILES string of the molecule is O=C(Nc1cn(Cc2ccccc2)c(-c2cccc(C(F)(F)F)c2Cl)nc1=O)OCC(F)(F)F. The van der Waals surface area contributed by atoms with Crippen molar-refractivity contribution in [2.24, 2.45) is 0 Å². The highest BCUT2D eigenvalue weighted by Gasteiger charge is 2.34. The van der Waals surface area contributed by atoms with Crippen molar-refractivity contribution in [1.29, 1.82) is 0 Å². The molecular formula is C21H14ClF6N3O3. The van der Waals surface area contributed by atoms with Crippen LogP contribution in [0.15, 0.2) is 59.5 Å². The van der Waals surface area contributed by atoms with Crippen molar-refractivity contribution in [1.82, 2.24) is 9.55 Å². The highest BCUT2D eigenvalue weighted by molar-refractivity contribution is 6.34. The van der Waals surface area contributed by atoms with Gasteiger partial charge in [-0.15, -0.1) is 0 Å². The van der Waals surface area contributed by atoms with Gasteiger partial charge in [0, 0.05) is 18.3 Å². The molecule has 3 rings (SSSR count). The smallest absolute Gasteiger partial charge is 0.422 e. The zero-order valence-corrected chi connectivity index (χ0v) is 17.6. The van der Waals surface area contributed by atoms with Gasteiger partial charge in [0.15, 0.2) is 6.61 Å². The van der Waals surface area contributed by atoms with Gasteiger partial charge in [0.2, 0.25) is 0 Å². The summed E-state index contributed by atoms with van der Waals surface area (Å²) >= 11 is 5.99. The van der Waals surface area contributed by atoms with Crippen molar-refractivity contribution in [2.75, 3.05) is 11.9 Å². The number of anilines is 1.